The predicted octanol–water partition coefficient (Wildman–Crippen LogP) is 5.28. The van der Waals surface area contributed by atoms with E-state index in [1.165, 1.54) is 18.2 Å². The Balaban J connectivity index is 1.87. The van der Waals surface area contributed by atoms with Crippen LogP contribution >= 0.6 is 15.9 Å². The van der Waals surface area contributed by atoms with E-state index in [2.05, 4.69) is 15.9 Å². The normalized spacial score (nSPS) is 14.3. The number of carbonyl (C=O) groups excluding carboxylic acids is 1. The van der Waals surface area contributed by atoms with Crippen molar-refractivity contribution in [2.75, 3.05) is 0 Å². The van der Waals surface area contributed by atoms with Crippen LogP contribution in [0.4, 0.5) is 5.69 Å². The van der Waals surface area contributed by atoms with E-state index in [-0.39, 0.29) is 11.8 Å². The molecule has 3 rings (SSSR count). The van der Waals surface area contributed by atoms with Crippen LogP contribution in [0.3, 0.4) is 0 Å². The van der Waals surface area contributed by atoms with E-state index >= 15 is 0 Å². The van der Waals surface area contributed by atoms with Gasteiger partial charge in [0.1, 0.15) is 12.0 Å². The highest BCUT2D eigenvalue weighted by molar-refractivity contribution is 9.10. The van der Waals surface area contributed by atoms with Gasteiger partial charge >= 0.3 is 0 Å². The van der Waals surface area contributed by atoms with Crippen molar-refractivity contribution in [3.63, 3.8) is 0 Å². The summed E-state index contributed by atoms with van der Waals surface area (Å²) in [7, 11) is 0. The molecule has 2 aromatic carbocycles. The van der Waals surface area contributed by atoms with Gasteiger partial charge in [0.05, 0.1) is 15.5 Å². The third-order valence-electron chi connectivity index (χ3n) is 4.04. The van der Waals surface area contributed by atoms with Crippen LogP contribution in [0.25, 0.3) is 0 Å². The molecule has 0 spiro atoms. The van der Waals surface area contributed by atoms with Crippen molar-refractivity contribution in [3.05, 3.63) is 56.5 Å². The third-order valence-corrected chi connectivity index (χ3v) is 4.68. The molecule has 6 nitrogen and oxygen atoms in total. The van der Waals surface area contributed by atoms with Crippen molar-refractivity contribution in [2.24, 2.45) is 0 Å². The summed E-state index contributed by atoms with van der Waals surface area (Å²) >= 11 is 3.17. The fourth-order valence-electron chi connectivity index (χ4n) is 2.79. The maximum absolute atomic E-state index is 11.1. The van der Waals surface area contributed by atoms with Gasteiger partial charge in [0.15, 0.2) is 11.5 Å². The van der Waals surface area contributed by atoms with Crippen LogP contribution in [0.15, 0.2) is 40.9 Å². The Bertz CT molecular complexity index is 802. The van der Waals surface area contributed by atoms with Crippen LogP contribution in [-0.4, -0.2) is 17.3 Å². The second-order valence-corrected chi connectivity index (χ2v) is 6.68. The van der Waals surface area contributed by atoms with Crippen molar-refractivity contribution >= 4 is 27.9 Å². The van der Waals surface area contributed by atoms with Crippen LogP contribution in [-0.2, 0) is 0 Å². The predicted molar refractivity (Wildman–Crippen MR) is 95.6 cm³/mol. The Kier molecular flexibility index (Phi) is 5.33. The Morgan fingerprint density at radius 3 is 2.52 bits per heavy atom. The number of nitro groups is 1. The first-order valence-electron chi connectivity index (χ1n) is 7.94. The number of rotatable bonds is 6. The average Bonchev–Trinajstić information content (AvgIpc) is 3.09. The smallest absolute Gasteiger partial charge is 0.283 e. The molecule has 0 saturated heterocycles. The van der Waals surface area contributed by atoms with Gasteiger partial charge in [0, 0.05) is 17.7 Å². The van der Waals surface area contributed by atoms with Crippen molar-refractivity contribution in [3.8, 4) is 17.2 Å². The fraction of sp³-hybridized carbons (Fsp3) is 0.278. The highest BCUT2D eigenvalue weighted by Crippen LogP contribution is 2.37. The molecule has 0 aliphatic heterocycles. The Morgan fingerprint density at radius 2 is 1.88 bits per heavy atom. The highest BCUT2D eigenvalue weighted by Gasteiger charge is 2.19. The van der Waals surface area contributed by atoms with Gasteiger partial charge in [-0.05, 0) is 65.9 Å². The van der Waals surface area contributed by atoms with Gasteiger partial charge in [-0.1, -0.05) is 0 Å². The summed E-state index contributed by atoms with van der Waals surface area (Å²) in [6, 6.07) is 9.39. The minimum atomic E-state index is -0.477. The average molecular weight is 406 g/mol. The zero-order valence-corrected chi connectivity index (χ0v) is 14.9. The molecule has 0 aromatic heterocycles. The molecule has 0 bridgehead atoms. The molecule has 1 saturated carbocycles. The van der Waals surface area contributed by atoms with Gasteiger partial charge in [0.2, 0.25) is 0 Å². The van der Waals surface area contributed by atoms with Gasteiger partial charge in [-0.15, -0.1) is 0 Å². The largest absolute Gasteiger partial charge is 0.487 e. The van der Waals surface area contributed by atoms with Crippen LogP contribution in [0.5, 0.6) is 17.2 Å². The lowest BCUT2D eigenvalue weighted by molar-refractivity contribution is -0.385. The second-order valence-electron chi connectivity index (χ2n) is 5.82. The zero-order chi connectivity index (χ0) is 17.8. The molecular weight excluding hydrogens is 390 g/mol. The molecule has 0 amide bonds. The number of halogens is 1. The summed E-state index contributed by atoms with van der Waals surface area (Å²) in [4.78, 5) is 21.5. The molecular formula is C18H16BrNO5. The summed E-state index contributed by atoms with van der Waals surface area (Å²) in [5.41, 5.74) is 0.422. The van der Waals surface area contributed by atoms with E-state index < -0.39 is 4.92 Å². The Hall–Kier alpha value is -2.41. The van der Waals surface area contributed by atoms with Crippen LogP contribution in [0, 0.1) is 10.1 Å². The first-order chi connectivity index (χ1) is 12.1. The Morgan fingerprint density at radius 1 is 1.12 bits per heavy atom. The van der Waals surface area contributed by atoms with Gasteiger partial charge < -0.3 is 9.47 Å². The number of aldehydes is 1. The number of nitro benzene ring substituents is 1. The first-order valence-corrected chi connectivity index (χ1v) is 8.74. The maximum atomic E-state index is 11.1. The summed E-state index contributed by atoms with van der Waals surface area (Å²) in [5, 5.41) is 10.9. The molecule has 1 aliphatic carbocycles. The maximum Gasteiger partial charge on any atom is 0.283 e. The monoisotopic (exact) mass is 405 g/mol. The lowest BCUT2D eigenvalue weighted by Crippen LogP contribution is -2.11. The molecule has 0 N–H and O–H groups in total. The second kappa shape index (κ2) is 7.65. The quantitative estimate of drug-likeness (QED) is 0.370. The third kappa shape index (κ3) is 4.17. The zero-order valence-electron chi connectivity index (χ0n) is 13.3. The fourth-order valence-corrected chi connectivity index (χ4v) is 3.29. The van der Waals surface area contributed by atoms with Crippen molar-refractivity contribution in [2.45, 2.75) is 31.8 Å². The molecule has 1 aliphatic rings. The van der Waals surface area contributed by atoms with Gasteiger partial charge in [-0.2, -0.15) is 0 Å². The molecule has 0 unspecified atom stereocenters. The van der Waals surface area contributed by atoms with Crippen LogP contribution < -0.4 is 9.47 Å². The van der Waals surface area contributed by atoms with E-state index in [1.54, 1.807) is 18.2 Å². The van der Waals surface area contributed by atoms with E-state index in [0.29, 0.717) is 27.3 Å². The number of benzene rings is 2. The molecule has 0 atom stereocenters. The topological polar surface area (TPSA) is 78.7 Å². The molecule has 2 aromatic rings. The number of carbonyl (C=O) groups is 1. The lowest BCUT2D eigenvalue weighted by Gasteiger charge is -2.17. The van der Waals surface area contributed by atoms with E-state index in [0.717, 1.165) is 32.0 Å². The van der Waals surface area contributed by atoms with E-state index in [9.17, 15) is 14.9 Å². The van der Waals surface area contributed by atoms with Crippen molar-refractivity contribution in [1.29, 1.82) is 0 Å². The van der Waals surface area contributed by atoms with Crippen molar-refractivity contribution < 1.29 is 19.2 Å². The summed E-state index contributed by atoms with van der Waals surface area (Å²) in [5.74, 6) is 1.39. The minimum Gasteiger partial charge on any atom is -0.487 e. The molecule has 0 heterocycles. The number of nitrogens with zero attached hydrogens (tertiary/aromatic N) is 1. The highest BCUT2D eigenvalue weighted by atomic mass is 79.9. The molecule has 7 heteroatoms. The number of hydrogen-bond acceptors (Lipinski definition) is 5. The molecule has 1 fully saturated rings. The number of ether oxygens (including phenoxy) is 2. The molecule has 0 radical (unpaired) electrons. The van der Waals surface area contributed by atoms with Gasteiger partial charge in [0.25, 0.3) is 5.69 Å². The minimum absolute atomic E-state index is 0.0450. The SMILES string of the molecule is O=Cc1ccc(OC2CCCC2)c(Oc2ccc([N+](=O)[O-])c(Br)c2)c1. The summed E-state index contributed by atoms with van der Waals surface area (Å²) in [6.45, 7) is 0. The van der Waals surface area contributed by atoms with Crippen LogP contribution in [0.1, 0.15) is 36.0 Å². The number of hydrogen-bond donors (Lipinski definition) is 0. The van der Waals surface area contributed by atoms with Crippen LogP contribution in [0.2, 0.25) is 0 Å². The summed E-state index contributed by atoms with van der Waals surface area (Å²) < 4.78 is 12.2. The summed E-state index contributed by atoms with van der Waals surface area (Å²) in [6.07, 6.45) is 5.16. The lowest BCUT2D eigenvalue weighted by atomic mass is 10.2. The van der Waals surface area contributed by atoms with Gasteiger partial charge in [-0.25, -0.2) is 0 Å². The van der Waals surface area contributed by atoms with E-state index in [1.807, 2.05) is 0 Å². The van der Waals surface area contributed by atoms with Crippen molar-refractivity contribution in [1.82, 2.24) is 0 Å². The molecule has 25 heavy (non-hydrogen) atoms. The molecule has 130 valence electrons. The van der Waals surface area contributed by atoms with E-state index in [4.69, 9.17) is 9.47 Å². The first kappa shape index (κ1) is 17.4. The van der Waals surface area contributed by atoms with Gasteiger partial charge in [-0.3, -0.25) is 14.9 Å². The standard InChI is InChI=1S/C18H16BrNO5/c19-15-10-14(6-7-16(15)20(22)23)25-18-9-12(11-21)5-8-17(18)24-13-3-1-2-4-13/h5-11,13H,1-4H2. The Labute approximate surface area is 153 Å².